The molecule has 0 bridgehead atoms. The average molecular weight is 975 g/mol. The standard InChI is InChI=1S/2C26H37NO6Si/c2*1-18(2)32-23(28)26(17-22(33-24(26)29)21-9-8-15-30-21)27-20-12-10-19(11-13-20)14-16-31-34(6,7)25(3,4)5/h2*8-13,15,18,22,27H,14,16-17H2,1-7H3/t22-,26+;22-,26-/m11/s1. The third-order valence-electron chi connectivity index (χ3n) is 13.2. The number of ether oxygens (including phenoxy) is 4. The van der Waals surface area contributed by atoms with Crippen LogP contribution in [0.3, 0.4) is 0 Å². The fourth-order valence-corrected chi connectivity index (χ4v) is 9.18. The van der Waals surface area contributed by atoms with E-state index >= 15 is 0 Å². The molecule has 4 heterocycles. The summed E-state index contributed by atoms with van der Waals surface area (Å²) < 4.78 is 45.3. The summed E-state index contributed by atoms with van der Waals surface area (Å²) in [6.07, 6.45) is 2.68. The fraction of sp³-hybridized carbons (Fsp3) is 0.538. The largest absolute Gasteiger partial charge is 0.465 e. The number of rotatable bonds is 18. The Morgan fingerprint density at radius 1 is 0.603 bits per heavy atom. The predicted molar refractivity (Wildman–Crippen MR) is 266 cm³/mol. The first kappa shape index (κ1) is 53.8. The number of esters is 4. The molecule has 0 saturated carbocycles. The Kier molecular flexibility index (Phi) is 17.1. The van der Waals surface area contributed by atoms with E-state index in [-0.39, 0.29) is 35.1 Å². The Balaban J connectivity index is 0.000000254. The second-order valence-electron chi connectivity index (χ2n) is 21.3. The molecule has 0 unspecified atom stereocenters. The molecule has 2 aromatic carbocycles. The average Bonchev–Trinajstić information content (AvgIpc) is 4.07. The first-order chi connectivity index (χ1) is 31.7. The van der Waals surface area contributed by atoms with E-state index in [0.29, 0.717) is 36.1 Å². The van der Waals surface area contributed by atoms with Crippen LogP contribution in [-0.4, -0.2) is 77.0 Å². The molecule has 68 heavy (non-hydrogen) atoms. The Morgan fingerprint density at radius 2 is 0.941 bits per heavy atom. The zero-order chi connectivity index (χ0) is 50.3. The van der Waals surface area contributed by atoms with Gasteiger partial charge in [-0.3, -0.25) is 0 Å². The van der Waals surface area contributed by atoms with E-state index in [1.807, 2.05) is 48.5 Å². The molecule has 2 aliphatic heterocycles. The van der Waals surface area contributed by atoms with Gasteiger partial charge in [0.05, 0.1) is 24.7 Å². The molecule has 2 saturated heterocycles. The molecule has 2 fully saturated rings. The summed E-state index contributed by atoms with van der Waals surface area (Å²) in [4.78, 5) is 52.1. The number of carbonyl (C=O) groups is 4. The minimum Gasteiger partial charge on any atom is -0.465 e. The lowest BCUT2D eigenvalue weighted by Crippen LogP contribution is -2.52. The summed E-state index contributed by atoms with van der Waals surface area (Å²) in [5, 5.41) is 6.57. The normalized spacial score (nSPS) is 20.9. The number of carbonyl (C=O) groups excluding carboxylic acids is 4. The van der Waals surface area contributed by atoms with Crippen LogP contribution in [0.4, 0.5) is 11.4 Å². The molecule has 14 nitrogen and oxygen atoms in total. The highest BCUT2D eigenvalue weighted by Gasteiger charge is 2.59. The third kappa shape index (κ3) is 13.1. The summed E-state index contributed by atoms with van der Waals surface area (Å²) in [6.45, 7) is 30.6. The molecular weight excluding hydrogens is 901 g/mol. The van der Waals surface area contributed by atoms with Crippen LogP contribution in [0.5, 0.6) is 0 Å². The van der Waals surface area contributed by atoms with Crippen molar-refractivity contribution in [1.29, 1.82) is 0 Å². The van der Waals surface area contributed by atoms with Crippen molar-refractivity contribution >= 4 is 51.9 Å². The quantitative estimate of drug-likeness (QED) is 0.0417. The van der Waals surface area contributed by atoms with Gasteiger partial charge in [-0.25, -0.2) is 19.2 Å². The minimum absolute atomic E-state index is 0.0764. The lowest BCUT2D eigenvalue weighted by Gasteiger charge is -2.36. The van der Waals surface area contributed by atoms with Crippen molar-refractivity contribution in [3.63, 3.8) is 0 Å². The fourth-order valence-electron chi connectivity index (χ4n) is 7.08. The van der Waals surface area contributed by atoms with E-state index in [4.69, 9.17) is 36.6 Å². The van der Waals surface area contributed by atoms with Gasteiger partial charge in [0, 0.05) is 37.4 Å². The monoisotopic (exact) mass is 974 g/mol. The first-order valence-corrected chi connectivity index (χ1v) is 29.4. The van der Waals surface area contributed by atoms with Crippen LogP contribution in [0, 0.1) is 0 Å². The molecular formula is C52H74N2O12Si2. The molecule has 16 heteroatoms. The topological polar surface area (TPSA) is 174 Å². The molecule has 0 spiro atoms. The summed E-state index contributed by atoms with van der Waals surface area (Å²) in [6, 6.07) is 22.2. The van der Waals surface area contributed by atoms with Crippen LogP contribution in [0.2, 0.25) is 36.3 Å². The Hall–Kier alpha value is -5.17. The van der Waals surface area contributed by atoms with Gasteiger partial charge in [0.1, 0.15) is 11.5 Å². The van der Waals surface area contributed by atoms with Gasteiger partial charge in [-0.05, 0) is 136 Å². The Morgan fingerprint density at radius 3 is 1.22 bits per heavy atom. The van der Waals surface area contributed by atoms with Crippen molar-refractivity contribution in [2.45, 2.75) is 167 Å². The Bertz CT molecular complexity index is 2120. The highest BCUT2D eigenvalue weighted by Crippen LogP contribution is 2.42. The molecule has 0 aliphatic carbocycles. The van der Waals surface area contributed by atoms with Crippen molar-refractivity contribution in [3.8, 4) is 0 Å². The molecule has 0 amide bonds. The highest BCUT2D eigenvalue weighted by molar-refractivity contribution is 6.74. The van der Waals surface area contributed by atoms with E-state index < -0.39 is 63.8 Å². The molecule has 2 aliphatic rings. The second kappa shape index (κ2) is 21.6. The maximum Gasteiger partial charge on any atom is 0.344 e. The van der Waals surface area contributed by atoms with Crippen LogP contribution in [0.1, 0.15) is 117 Å². The zero-order valence-electron chi connectivity index (χ0n) is 42.5. The van der Waals surface area contributed by atoms with Crippen molar-refractivity contribution in [2.75, 3.05) is 23.8 Å². The van der Waals surface area contributed by atoms with Gasteiger partial charge in [-0.2, -0.15) is 0 Å². The smallest absolute Gasteiger partial charge is 0.344 e. The van der Waals surface area contributed by atoms with Crippen LogP contribution >= 0.6 is 0 Å². The zero-order valence-corrected chi connectivity index (χ0v) is 44.5. The summed E-state index contributed by atoms with van der Waals surface area (Å²) in [5.41, 5.74) is 0.207. The maximum absolute atomic E-state index is 13.1. The van der Waals surface area contributed by atoms with Crippen LogP contribution in [0.25, 0.3) is 0 Å². The van der Waals surface area contributed by atoms with Gasteiger partial charge in [-0.1, -0.05) is 65.8 Å². The van der Waals surface area contributed by atoms with Gasteiger partial charge in [-0.15, -0.1) is 0 Å². The van der Waals surface area contributed by atoms with Crippen LogP contribution in [-0.2, 0) is 59.8 Å². The van der Waals surface area contributed by atoms with E-state index in [1.165, 1.54) is 12.5 Å². The number of nitrogens with one attached hydrogen (secondary N) is 2. The number of hydrogen-bond donors (Lipinski definition) is 2. The van der Waals surface area contributed by atoms with Crippen LogP contribution < -0.4 is 10.6 Å². The lowest BCUT2D eigenvalue weighted by molar-refractivity contribution is -0.161. The molecule has 4 aromatic rings. The van der Waals surface area contributed by atoms with E-state index in [9.17, 15) is 19.2 Å². The number of hydrogen-bond acceptors (Lipinski definition) is 14. The van der Waals surface area contributed by atoms with Gasteiger partial charge in [0.2, 0.25) is 11.1 Å². The van der Waals surface area contributed by atoms with Crippen LogP contribution in [0.15, 0.2) is 94.2 Å². The molecule has 2 N–H and O–H groups in total. The summed E-state index contributed by atoms with van der Waals surface area (Å²) >= 11 is 0. The van der Waals surface area contributed by atoms with Gasteiger partial charge < -0.3 is 47.3 Å². The van der Waals surface area contributed by atoms with Crippen molar-refractivity contribution in [1.82, 2.24) is 0 Å². The summed E-state index contributed by atoms with van der Waals surface area (Å²) in [5.74, 6) is -1.68. The van der Waals surface area contributed by atoms with E-state index in [0.717, 1.165) is 24.0 Å². The number of cyclic esters (lactones) is 2. The van der Waals surface area contributed by atoms with E-state index in [2.05, 4.69) is 78.4 Å². The van der Waals surface area contributed by atoms with Crippen molar-refractivity contribution < 1.29 is 55.8 Å². The molecule has 372 valence electrons. The van der Waals surface area contributed by atoms with E-state index in [1.54, 1.807) is 52.0 Å². The van der Waals surface area contributed by atoms with Crippen molar-refractivity contribution in [2.24, 2.45) is 0 Å². The number of anilines is 2. The minimum atomic E-state index is -1.79. The van der Waals surface area contributed by atoms with Gasteiger partial charge in [0.25, 0.3) is 0 Å². The molecule has 0 radical (unpaired) electrons. The van der Waals surface area contributed by atoms with Crippen molar-refractivity contribution in [3.05, 3.63) is 108 Å². The molecule has 4 atom stereocenters. The SMILES string of the molecule is CC(C)OC(=O)[C@@]1(Nc2ccc(CCO[Si](C)(C)C(C)(C)C)cc2)C[C@H](c2ccco2)OC1=O.CC(C)OC(=O)[C@]1(Nc2ccc(CCO[Si](C)(C)C(C)(C)C)cc2)C[C@H](c2ccco2)OC1=O. The maximum atomic E-state index is 13.1. The highest BCUT2D eigenvalue weighted by atomic mass is 28.4. The Labute approximate surface area is 404 Å². The second-order valence-corrected chi connectivity index (χ2v) is 30.9. The van der Waals surface area contributed by atoms with Gasteiger partial charge >= 0.3 is 23.9 Å². The number of furan rings is 2. The first-order valence-electron chi connectivity index (χ1n) is 23.6. The predicted octanol–water partition coefficient (Wildman–Crippen LogP) is 11.3. The van der Waals surface area contributed by atoms with Gasteiger partial charge in [0.15, 0.2) is 28.8 Å². The molecule has 6 rings (SSSR count). The summed E-state index contributed by atoms with van der Waals surface area (Å²) in [7, 11) is -3.58. The molecule has 2 aromatic heterocycles. The number of benzene rings is 2. The lowest BCUT2D eigenvalue weighted by atomic mass is 9.93. The third-order valence-corrected chi connectivity index (χ3v) is 22.3.